The van der Waals surface area contributed by atoms with E-state index in [2.05, 4.69) is 37.1 Å². The standard InChI is InChI=1S/C16H19ClN2/c1-4-19-16(15-10-18-6-5-12(15)3)13-7-11(2)8-14(17)9-13/h5-10,16,19H,4H2,1-3H3. The van der Waals surface area contributed by atoms with Gasteiger partial charge in [-0.3, -0.25) is 4.98 Å². The highest BCUT2D eigenvalue weighted by Crippen LogP contribution is 2.27. The van der Waals surface area contributed by atoms with E-state index in [0.717, 1.165) is 11.6 Å². The van der Waals surface area contributed by atoms with Crippen molar-refractivity contribution in [1.82, 2.24) is 10.3 Å². The van der Waals surface area contributed by atoms with E-state index in [1.165, 1.54) is 22.3 Å². The van der Waals surface area contributed by atoms with Crippen molar-refractivity contribution in [2.75, 3.05) is 6.54 Å². The van der Waals surface area contributed by atoms with Gasteiger partial charge in [0, 0.05) is 17.4 Å². The van der Waals surface area contributed by atoms with E-state index in [9.17, 15) is 0 Å². The second-order valence-corrected chi connectivity index (χ2v) is 5.22. The quantitative estimate of drug-likeness (QED) is 0.910. The molecule has 0 fully saturated rings. The molecule has 2 aromatic rings. The fourth-order valence-corrected chi connectivity index (χ4v) is 2.62. The summed E-state index contributed by atoms with van der Waals surface area (Å²) in [6.07, 6.45) is 3.75. The van der Waals surface area contributed by atoms with E-state index in [1.807, 2.05) is 30.6 Å². The zero-order chi connectivity index (χ0) is 13.8. The second kappa shape index (κ2) is 6.18. The second-order valence-electron chi connectivity index (χ2n) is 4.78. The summed E-state index contributed by atoms with van der Waals surface area (Å²) in [7, 11) is 0. The zero-order valence-electron chi connectivity index (χ0n) is 11.6. The Hall–Kier alpha value is -1.38. The lowest BCUT2D eigenvalue weighted by Gasteiger charge is -2.21. The van der Waals surface area contributed by atoms with Gasteiger partial charge in [-0.15, -0.1) is 0 Å². The van der Waals surface area contributed by atoms with Gasteiger partial charge in [-0.05, 0) is 60.8 Å². The van der Waals surface area contributed by atoms with E-state index in [4.69, 9.17) is 11.6 Å². The molecule has 1 unspecified atom stereocenters. The summed E-state index contributed by atoms with van der Waals surface area (Å²) in [5.41, 5.74) is 4.79. The molecule has 0 bridgehead atoms. The predicted molar refractivity (Wildman–Crippen MR) is 80.7 cm³/mol. The van der Waals surface area contributed by atoms with Crippen LogP contribution in [0.3, 0.4) is 0 Å². The Morgan fingerprint density at radius 1 is 1.26 bits per heavy atom. The van der Waals surface area contributed by atoms with Crippen LogP contribution in [0, 0.1) is 13.8 Å². The molecule has 0 spiro atoms. The molecule has 1 aromatic heterocycles. The summed E-state index contributed by atoms with van der Waals surface area (Å²) >= 11 is 6.18. The molecule has 1 N–H and O–H groups in total. The van der Waals surface area contributed by atoms with Crippen LogP contribution in [0.5, 0.6) is 0 Å². The highest BCUT2D eigenvalue weighted by molar-refractivity contribution is 6.30. The van der Waals surface area contributed by atoms with Crippen LogP contribution < -0.4 is 5.32 Å². The Balaban J connectivity index is 2.48. The van der Waals surface area contributed by atoms with Gasteiger partial charge < -0.3 is 5.32 Å². The normalized spacial score (nSPS) is 12.4. The molecule has 0 radical (unpaired) electrons. The van der Waals surface area contributed by atoms with E-state index in [-0.39, 0.29) is 6.04 Å². The van der Waals surface area contributed by atoms with Crippen LogP contribution in [0.2, 0.25) is 5.02 Å². The predicted octanol–water partition coefficient (Wildman–Crippen LogP) is 4.05. The summed E-state index contributed by atoms with van der Waals surface area (Å²) in [4.78, 5) is 4.25. The van der Waals surface area contributed by atoms with Crippen molar-refractivity contribution in [3.8, 4) is 0 Å². The first-order chi connectivity index (χ1) is 9.11. The summed E-state index contributed by atoms with van der Waals surface area (Å²) in [5, 5.41) is 4.29. The van der Waals surface area contributed by atoms with Crippen LogP contribution in [0.25, 0.3) is 0 Å². The van der Waals surface area contributed by atoms with Crippen molar-refractivity contribution in [3.05, 3.63) is 63.9 Å². The largest absolute Gasteiger partial charge is 0.306 e. The van der Waals surface area contributed by atoms with Crippen LogP contribution >= 0.6 is 11.6 Å². The molecule has 100 valence electrons. The van der Waals surface area contributed by atoms with Gasteiger partial charge >= 0.3 is 0 Å². The van der Waals surface area contributed by atoms with E-state index < -0.39 is 0 Å². The van der Waals surface area contributed by atoms with Gasteiger partial charge in [0.2, 0.25) is 0 Å². The van der Waals surface area contributed by atoms with Crippen LogP contribution in [-0.2, 0) is 0 Å². The average molecular weight is 275 g/mol. The first-order valence-electron chi connectivity index (χ1n) is 6.52. The Morgan fingerprint density at radius 3 is 2.68 bits per heavy atom. The molecule has 0 aliphatic rings. The number of rotatable bonds is 4. The molecule has 19 heavy (non-hydrogen) atoms. The third-order valence-corrected chi connectivity index (χ3v) is 3.41. The third-order valence-electron chi connectivity index (χ3n) is 3.20. The minimum absolute atomic E-state index is 0.135. The first kappa shape index (κ1) is 14.0. The summed E-state index contributed by atoms with van der Waals surface area (Å²) < 4.78 is 0. The van der Waals surface area contributed by atoms with Gasteiger partial charge in [-0.25, -0.2) is 0 Å². The molecule has 2 rings (SSSR count). The molecule has 1 atom stereocenters. The van der Waals surface area contributed by atoms with E-state index in [0.29, 0.717) is 0 Å². The van der Waals surface area contributed by atoms with Gasteiger partial charge in [-0.1, -0.05) is 24.6 Å². The van der Waals surface area contributed by atoms with Gasteiger partial charge in [0.25, 0.3) is 0 Å². The minimum atomic E-state index is 0.135. The maximum atomic E-state index is 6.18. The molecule has 1 aromatic carbocycles. The van der Waals surface area contributed by atoms with Crippen molar-refractivity contribution >= 4 is 11.6 Å². The molecular formula is C16H19ClN2. The molecule has 2 nitrogen and oxygen atoms in total. The van der Waals surface area contributed by atoms with E-state index >= 15 is 0 Å². The van der Waals surface area contributed by atoms with Gasteiger partial charge in [0.15, 0.2) is 0 Å². The molecule has 0 amide bonds. The lowest BCUT2D eigenvalue weighted by atomic mass is 9.95. The highest BCUT2D eigenvalue weighted by Gasteiger charge is 2.16. The Labute approximate surface area is 119 Å². The highest BCUT2D eigenvalue weighted by atomic mass is 35.5. The number of aromatic nitrogens is 1. The number of nitrogens with one attached hydrogen (secondary N) is 1. The maximum Gasteiger partial charge on any atom is 0.0595 e. The summed E-state index contributed by atoms with van der Waals surface area (Å²) in [6.45, 7) is 7.17. The average Bonchev–Trinajstić information content (AvgIpc) is 2.36. The monoisotopic (exact) mass is 274 g/mol. The molecular weight excluding hydrogens is 256 g/mol. The Kier molecular flexibility index (Phi) is 4.56. The molecule has 3 heteroatoms. The number of hydrogen-bond donors (Lipinski definition) is 1. The van der Waals surface area contributed by atoms with Gasteiger partial charge in [0.1, 0.15) is 0 Å². The SMILES string of the molecule is CCNC(c1cc(C)cc(Cl)c1)c1cnccc1C. The molecule has 1 heterocycles. The topological polar surface area (TPSA) is 24.9 Å². The van der Waals surface area contributed by atoms with Crippen LogP contribution in [0.4, 0.5) is 0 Å². The molecule has 0 saturated carbocycles. The number of aryl methyl sites for hydroxylation is 2. The number of halogens is 1. The van der Waals surface area contributed by atoms with Crippen LogP contribution in [0.15, 0.2) is 36.7 Å². The van der Waals surface area contributed by atoms with Crippen molar-refractivity contribution in [3.63, 3.8) is 0 Å². The fraction of sp³-hybridized carbons (Fsp3) is 0.312. The first-order valence-corrected chi connectivity index (χ1v) is 6.90. The number of benzene rings is 1. The van der Waals surface area contributed by atoms with Crippen molar-refractivity contribution < 1.29 is 0 Å². The van der Waals surface area contributed by atoms with Crippen molar-refractivity contribution in [2.24, 2.45) is 0 Å². The number of nitrogens with zero attached hydrogens (tertiary/aromatic N) is 1. The molecule has 0 aliphatic heterocycles. The minimum Gasteiger partial charge on any atom is -0.306 e. The van der Waals surface area contributed by atoms with Crippen LogP contribution in [0.1, 0.15) is 35.2 Å². The zero-order valence-corrected chi connectivity index (χ0v) is 12.3. The third kappa shape index (κ3) is 3.34. The lowest BCUT2D eigenvalue weighted by Crippen LogP contribution is -2.23. The lowest BCUT2D eigenvalue weighted by molar-refractivity contribution is 0.625. The Bertz CT molecular complexity index is 546. The number of hydrogen-bond acceptors (Lipinski definition) is 2. The summed E-state index contributed by atoms with van der Waals surface area (Å²) in [5.74, 6) is 0. The fourth-order valence-electron chi connectivity index (χ4n) is 2.32. The summed E-state index contributed by atoms with van der Waals surface area (Å²) in [6, 6.07) is 8.34. The van der Waals surface area contributed by atoms with Gasteiger partial charge in [-0.2, -0.15) is 0 Å². The smallest absolute Gasteiger partial charge is 0.0595 e. The van der Waals surface area contributed by atoms with Gasteiger partial charge in [0.05, 0.1) is 6.04 Å². The van der Waals surface area contributed by atoms with Crippen LogP contribution in [-0.4, -0.2) is 11.5 Å². The molecule has 0 aliphatic carbocycles. The van der Waals surface area contributed by atoms with Crippen molar-refractivity contribution in [2.45, 2.75) is 26.8 Å². The Morgan fingerprint density at radius 2 is 2.05 bits per heavy atom. The maximum absolute atomic E-state index is 6.18. The molecule has 0 saturated heterocycles. The van der Waals surface area contributed by atoms with Crippen molar-refractivity contribution in [1.29, 1.82) is 0 Å². The number of pyridine rings is 1. The van der Waals surface area contributed by atoms with E-state index in [1.54, 1.807) is 0 Å².